The fourth-order valence-electron chi connectivity index (χ4n) is 4.74. The van der Waals surface area contributed by atoms with E-state index in [2.05, 4.69) is 11.9 Å². The molecule has 0 saturated carbocycles. The van der Waals surface area contributed by atoms with Crippen LogP contribution in [0.5, 0.6) is 11.5 Å². The number of carbonyl (C=O) groups is 1. The van der Waals surface area contributed by atoms with E-state index in [0.717, 1.165) is 37.8 Å². The molecule has 22 heavy (non-hydrogen) atoms. The second-order valence-electron chi connectivity index (χ2n) is 7.11. The van der Waals surface area contributed by atoms with Crippen molar-refractivity contribution in [1.82, 2.24) is 4.90 Å². The minimum atomic E-state index is -0.411. The number of likely N-dealkylation sites (tertiary alicyclic amines) is 1. The van der Waals surface area contributed by atoms with Crippen molar-refractivity contribution in [2.45, 2.75) is 56.6 Å². The first-order valence-electron chi connectivity index (χ1n) is 8.32. The molecule has 1 fully saturated rings. The highest BCUT2D eigenvalue weighted by molar-refractivity contribution is 5.87. The molecule has 2 aliphatic heterocycles. The molecule has 2 bridgehead atoms. The van der Waals surface area contributed by atoms with E-state index in [9.17, 15) is 9.90 Å². The van der Waals surface area contributed by atoms with Gasteiger partial charge in [-0.3, -0.25) is 4.79 Å². The molecule has 0 radical (unpaired) electrons. The van der Waals surface area contributed by atoms with Crippen LogP contribution in [0, 0.1) is 0 Å². The van der Waals surface area contributed by atoms with E-state index in [1.807, 2.05) is 13.0 Å². The Morgan fingerprint density at radius 2 is 2.32 bits per heavy atom. The summed E-state index contributed by atoms with van der Waals surface area (Å²) in [6.07, 6.45) is 3.87. The molecule has 1 unspecified atom stereocenters. The minimum absolute atomic E-state index is 0.183. The highest BCUT2D eigenvalue weighted by Crippen LogP contribution is 2.58. The van der Waals surface area contributed by atoms with Crippen LogP contribution in [-0.4, -0.2) is 41.5 Å². The van der Waals surface area contributed by atoms with E-state index in [-0.39, 0.29) is 16.9 Å². The topological polar surface area (TPSA) is 49.8 Å². The van der Waals surface area contributed by atoms with Gasteiger partial charge in [0, 0.05) is 23.4 Å². The number of hydrogen-bond donors (Lipinski definition) is 1. The van der Waals surface area contributed by atoms with E-state index in [4.69, 9.17) is 4.74 Å². The summed E-state index contributed by atoms with van der Waals surface area (Å²) in [5.74, 6) is 0.950. The molecule has 0 amide bonds. The predicted octanol–water partition coefficient (Wildman–Crippen LogP) is 2.41. The number of phenols is 1. The summed E-state index contributed by atoms with van der Waals surface area (Å²) in [5, 5.41) is 10.2. The molecule has 1 aliphatic carbocycles. The van der Waals surface area contributed by atoms with Gasteiger partial charge in [-0.15, -0.1) is 0 Å². The molecule has 4 nitrogen and oxygen atoms in total. The summed E-state index contributed by atoms with van der Waals surface area (Å²) < 4.78 is 6.07. The van der Waals surface area contributed by atoms with Gasteiger partial charge in [-0.25, -0.2) is 0 Å². The SMILES string of the molecule is CCCC(=O)C1Oc2c(O)ccc3c2[C@@]12CCN(C)[C@H](C3)C2. The van der Waals surface area contributed by atoms with Crippen LogP contribution in [0.3, 0.4) is 0 Å². The molecule has 4 heteroatoms. The van der Waals surface area contributed by atoms with Gasteiger partial charge in [-0.2, -0.15) is 0 Å². The largest absolute Gasteiger partial charge is 0.504 e. The second-order valence-corrected chi connectivity index (χ2v) is 7.11. The lowest BCUT2D eigenvalue weighted by Crippen LogP contribution is -2.57. The molecule has 0 aromatic heterocycles. The third-order valence-corrected chi connectivity index (χ3v) is 5.84. The Kier molecular flexibility index (Phi) is 3.02. The van der Waals surface area contributed by atoms with Gasteiger partial charge in [0.2, 0.25) is 0 Å². The number of rotatable bonds is 3. The van der Waals surface area contributed by atoms with Crippen LogP contribution in [-0.2, 0) is 16.6 Å². The maximum Gasteiger partial charge on any atom is 0.174 e. The normalized spacial score (nSPS) is 32.5. The number of Topliss-reactive ketones (excluding diaryl/α,β-unsaturated/α-hetero) is 1. The summed E-state index contributed by atoms with van der Waals surface area (Å²) in [6, 6.07) is 4.21. The molecule has 1 aromatic carbocycles. The number of hydrogen-bond acceptors (Lipinski definition) is 4. The molecule has 3 aliphatic rings. The number of ether oxygens (including phenoxy) is 1. The van der Waals surface area contributed by atoms with E-state index < -0.39 is 6.10 Å². The van der Waals surface area contributed by atoms with Crippen molar-refractivity contribution in [2.75, 3.05) is 13.6 Å². The molecular weight excluding hydrogens is 278 g/mol. The van der Waals surface area contributed by atoms with Crippen LogP contribution in [0.25, 0.3) is 0 Å². The third-order valence-electron chi connectivity index (χ3n) is 5.84. The van der Waals surface area contributed by atoms with Crippen LogP contribution in [0.15, 0.2) is 12.1 Å². The van der Waals surface area contributed by atoms with Crippen molar-refractivity contribution < 1.29 is 14.6 Å². The van der Waals surface area contributed by atoms with Crippen LogP contribution in [0.4, 0.5) is 0 Å². The van der Waals surface area contributed by atoms with E-state index in [1.165, 1.54) is 5.56 Å². The molecular formula is C18H23NO3. The number of ketones is 1. The smallest absolute Gasteiger partial charge is 0.174 e. The van der Waals surface area contributed by atoms with Crippen molar-refractivity contribution in [1.29, 1.82) is 0 Å². The zero-order valence-corrected chi connectivity index (χ0v) is 13.3. The lowest BCUT2D eigenvalue weighted by molar-refractivity contribution is -0.129. The zero-order chi connectivity index (χ0) is 15.5. The Morgan fingerprint density at radius 1 is 1.50 bits per heavy atom. The monoisotopic (exact) mass is 301 g/mol. The van der Waals surface area contributed by atoms with Crippen LogP contribution >= 0.6 is 0 Å². The van der Waals surface area contributed by atoms with Gasteiger partial charge < -0.3 is 14.7 Å². The Labute approximate surface area is 131 Å². The third kappa shape index (κ3) is 1.70. The molecule has 1 aromatic rings. The molecule has 2 heterocycles. The lowest BCUT2D eigenvalue weighted by atomic mass is 9.61. The standard InChI is InChI=1S/C18H23NO3/c1-3-4-14(21)17-18-7-8-19(2)12(10-18)9-11-5-6-13(20)16(22-17)15(11)18/h5-6,12,17,20H,3-4,7-10H2,1-2H3/t12-,17?,18+/m1/s1. The van der Waals surface area contributed by atoms with Crippen molar-refractivity contribution in [3.63, 3.8) is 0 Å². The van der Waals surface area contributed by atoms with Gasteiger partial charge in [-0.1, -0.05) is 13.0 Å². The van der Waals surface area contributed by atoms with E-state index in [1.54, 1.807) is 6.07 Å². The number of fused-ring (bicyclic) bond motifs is 1. The summed E-state index contributed by atoms with van der Waals surface area (Å²) in [6.45, 7) is 3.01. The Morgan fingerprint density at radius 3 is 3.09 bits per heavy atom. The van der Waals surface area contributed by atoms with Gasteiger partial charge in [-0.05, 0) is 50.9 Å². The maximum absolute atomic E-state index is 12.7. The zero-order valence-electron chi connectivity index (χ0n) is 13.3. The molecule has 118 valence electrons. The van der Waals surface area contributed by atoms with Crippen LogP contribution in [0.1, 0.15) is 43.7 Å². The second kappa shape index (κ2) is 4.72. The fourth-order valence-corrected chi connectivity index (χ4v) is 4.74. The average molecular weight is 301 g/mol. The van der Waals surface area contributed by atoms with E-state index in [0.29, 0.717) is 18.2 Å². The Bertz CT molecular complexity index is 641. The van der Waals surface area contributed by atoms with Crippen LogP contribution < -0.4 is 4.74 Å². The summed E-state index contributed by atoms with van der Waals surface area (Å²) in [4.78, 5) is 15.1. The summed E-state index contributed by atoms with van der Waals surface area (Å²) in [5.41, 5.74) is 2.17. The Hall–Kier alpha value is -1.55. The van der Waals surface area contributed by atoms with Gasteiger partial charge in [0.05, 0.1) is 0 Å². The number of nitrogens with zero attached hydrogens (tertiary/aromatic N) is 1. The maximum atomic E-state index is 12.7. The van der Waals surface area contributed by atoms with E-state index >= 15 is 0 Å². The van der Waals surface area contributed by atoms with Gasteiger partial charge in [0.15, 0.2) is 23.4 Å². The minimum Gasteiger partial charge on any atom is -0.504 e. The number of carbonyl (C=O) groups excluding carboxylic acids is 1. The number of aromatic hydroxyl groups is 1. The predicted molar refractivity (Wildman–Crippen MR) is 83.5 cm³/mol. The number of benzene rings is 1. The molecule has 1 saturated heterocycles. The number of piperidine rings is 1. The van der Waals surface area contributed by atoms with Crippen molar-refractivity contribution in [3.05, 3.63) is 23.3 Å². The van der Waals surface area contributed by atoms with Gasteiger partial charge in [0.25, 0.3) is 0 Å². The first-order valence-corrected chi connectivity index (χ1v) is 8.32. The molecule has 4 rings (SSSR count). The average Bonchev–Trinajstić information content (AvgIpc) is 2.84. The van der Waals surface area contributed by atoms with Crippen LogP contribution in [0.2, 0.25) is 0 Å². The molecule has 1 N–H and O–H groups in total. The van der Waals surface area contributed by atoms with Gasteiger partial charge in [0.1, 0.15) is 0 Å². The first kappa shape index (κ1) is 14.1. The van der Waals surface area contributed by atoms with Crippen molar-refractivity contribution in [3.8, 4) is 11.5 Å². The molecule has 1 spiro atoms. The quantitative estimate of drug-likeness (QED) is 0.931. The van der Waals surface area contributed by atoms with Crippen molar-refractivity contribution in [2.24, 2.45) is 0 Å². The number of likely N-dealkylation sites (N-methyl/N-ethyl adjacent to an activating group) is 1. The summed E-state index contributed by atoms with van der Waals surface area (Å²) in [7, 11) is 2.17. The summed E-state index contributed by atoms with van der Waals surface area (Å²) >= 11 is 0. The van der Waals surface area contributed by atoms with Gasteiger partial charge >= 0.3 is 0 Å². The van der Waals surface area contributed by atoms with Crippen molar-refractivity contribution >= 4 is 5.78 Å². The Balaban J connectivity index is 1.87. The lowest BCUT2D eigenvalue weighted by Gasteiger charge is -2.49. The molecule has 3 atom stereocenters. The highest BCUT2D eigenvalue weighted by Gasteiger charge is 2.58. The first-order chi connectivity index (χ1) is 10.6. The number of phenolic OH excluding ortho intramolecular Hbond substituents is 1. The highest BCUT2D eigenvalue weighted by atomic mass is 16.5. The fraction of sp³-hybridized carbons (Fsp3) is 0.611.